The van der Waals surface area contributed by atoms with Gasteiger partial charge in [-0.25, -0.2) is 0 Å². The second-order valence-corrected chi connectivity index (χ2v) is 7.63. The average Bonchev–Trinajstić information content (AvgIpc) is 2.69. The van der Waals surface area contributed by atoms with Crippen LogP contribution in [-0.2, 0) is 10.2 Å². The lowest BCUT2D eigenvalue weighted by Gasteiger charge is -2.35. The van der Waals surface area contributed by atoms with E-state index in [4.69, 9.17) is 5.11 Å². The summed E-state index contributed by atoms with van der Waals surface area (Å²) in [4.78, 5) is 0. The molecule has 0 radical (unpaired) electrons. The van der Waals surface area contributed by atoms with Crippen LogP contribution in [0.4, 0.5) is 0 Å². The minimum absolute atomic E-state index is 0.155. The van der Waals surface area contributed by atoms with E-state index in [1.54, 1.807) is 8.61 Å². The zero-order valence-electron chi connectivity index (χ0n) is 11.6. The van der Waals surface area contributed by atoms with Crippen LogP contribution < -0.4 is 0 Å². The number of aliphatic hydroxyl groups excluding tert-OH is 1. The molecular formula is C13H26N2O3S. The molecule has 1 atom stereocenters. The van der Waals surface area contributed by atoms with Gasteiger partial charge in [0.1, 0.15) is 0 Å². The topological polar surface area (TPSA) is 60.9 Å². The molecule has 2 aliphatic rings. The molecule has 0 aliphatic carbocycles. The van der Waals surface area contributed by atoms with E-state index in [2.05, 4.69) is 0 Å². The van der Waals surface area contributed by atoms with Crippen LogP contribution in [0.2, 0.25) is 0 Å². The predicted molar refractivity (Wildman–Crippen MR) is 75.0 cm³/mol. The monoisotopic (exact) mass is 290 g/mol. The Hall–Kier alpha value is -0.170. The third-order valence-electron chi connectivity index (χ3n) is 4.24. The molecule has 0 amide bonds. The van der Waals surface area contributed by atoms with Crippen LogP contribution in [0.5, 0.6) is 0 Å². The normalized spacial score (nSPS) is 28.2. The molecule has 5 nitrogen and oxygen atoms in total. The summed E-state index contributed by atoms with van der Waals surface area (Å²) in [5.41, 5.74) is 0. The fraction of sp³-hybridized carbons (Fsp3) is 1.00. The fourth-order valence-electron chi connectivity index (χ4n) is 3.09. The third kappa shape index (κ3) is 3.90. The summed E-state index contributed by atoms with van der Waals surface area (Å²) in [6.07, 6.45) is 6.90. The van der Waals surface area contributed by atoms with E-state index in [0.717, 1.165) is 38.5 Å². The van der Waals surface area contributed by atoms with Gasteiger partial charge in [0.05, 0.1) is 0 Å². The smallest absolute Gasteiger partial charge is 0.281 e. The zero-order valence-corrected chi connectivity index (χ0v) is 12.4. The first-order chi connectivity index (χ1) is 9.14. The highest BCUT2D eigenvalue weighted by atomic mass is 32.2. The predicted octanol–water partition coefficient (Wildman–Crippen LogP) is 1.20. The van der Waals surface area contributed by atoms with Crippen LogP contribution in [0.25, 0.3) is 0 Å². The van der Waals surface area contributed by atoms with E-state index in [1.807, 2.05) is 0 Å². The first-order valence-electron chi connectivity index (χ1n) is 7.50. The quantitative estimate of drug-likeness (QED) is 0.846. The summed E-state index contributed by atoms with van der Waals surface area (Å²) < 4.78 is 28.6. The van der Waals surface area contributed by atoms with Crippen molar-refractivity contribution in [2.45, 2.75) is 44.9 Å². The third-order valence-corrected chi connectivity index (χ3v) is 6.24. The lowest BCUT2D eigenvalue weighted by molar-refractivity contribution is 0.196. The maximum absolute atomic E-state index is 12.6. The number of hydrogen-bond acceptors (Lipinski definition) is 3. The van der Waals surface area contributed by atoms with Crippen molar-refractivity contribution in [1.29, 1.82) is 0 Å². The number of hydrogen-bond donors (Lipinski definition) is 1. The minimum Gasteiger partial charge on any atom is -0.396 e. The van der Waals surface area contributed by atoms with Crippen molar-refractivity contribution in [3.05, 3.63) is 0 Å². The molecule has 0 aromatic rings. The lowest BCUT2D eigenvalue weighted by Crippen LogP contribution is -2.48. The molecule has 0 spiro atoms. The molecule has 0 bridgehead atoms. The van der Waals surface area contributed by atoms with Gasteiger partial charge in [-0.2, -0.15) is 17.0 Å². The number of nitrogens with zero attached hydrogens (tertiary/aromatic N) is 2. The summed E-state index contributed by atoms with van der Waals surface area (Å²) in [6, 6.07) is 0. The second-order valence-electron chi connectivity index (χ2n) is 5.70. The van der Waals surface area contributed by atoms with Crippen molar-refractivity contribution in [1.82, 2.24) is 8.61 Å². The molecule has 2 saturated heterocycles. The molecular weight excluding hydrogens is 264 g/mol. The summed E-state index contributed by atoms with van der Waals surface area (Å²) in [5, 5.41) is 9.02. The van der Waals surface area contributed by atoms with Crippen molar-refractivity contribution >= 4 is 10.2 Å². The molecule has 6 heteroatoms. The van der Waals surface area contributed by atoms with Crippen LogP contribution in [0.3, 0.4) is 0 Å². The van der Waals surface area contributed by atoms with Gasteiger partial charge in [0, 0.05) is 32.8 Å². The van der Waals surface area contributed by atoms with Crippen LogP contribution in [0, 0.1) is 5.92 Å². The highest BCUT2D eigenvalue weighted by Gasteiger charge is 2.33. The molecule has 112 valence electrons. The molecule has 1 unspecified atom stereocenters. The lowest BCUT2D eigenvalue weighted by atomic mass is 9.97. The Bertz CT molecular complexity index is 362. The molecule has 0 saturated carbocycles. The zero-order chi connectivity index (χ0) is 13.7. The number of aliphatic hydroxyl groups is 1. The van der Waals surface area contributed by atoms with Gasteiger partial charge in [0.2, 0.25) is 0 Å². The van der Waals surface area contributed by atoms with Crippen molar-refractivity contribution < 1.29 is 13.5 Å². The Labute approximate surface area is 116 Å². The van der Waals surface area contributed by atoms with E-state index in [0.29, 0.717) is 38.5 Å². The largest absolute Gasteiger partial charge is 0.396 e. The first-order valence-corrected chi connectivity index (χ1v) is 8.90. The highest BCUT2D eigenvalue weighted by Crippen LogP contribution is 2.24. The molecule has 2 heterocycles. The summed E-state index contributed by atoms with van der Waals surface area (Å²) in [5.74, 6) is 0.320. The molecule has 2 aliphatic heterocycles. The first kappa shape index (κ1) is 15.2. The molecule has 1 N–H and O–H groups in total. The van der Waals surface area contributed by atoms with E-state index in [-0.39, 0.29) is 6.61 Å². The van der Waals surface area contributed by atoms with Crippen LogP contribution in [0.1, 0.15) is 44.9 Å². The van der Waals surface area contributed by atoms with Gasteiger partial charge in [-0.3, -0.25) is 0 Å². The Morgan fingerprint density at radius 1 is 0.947 bits per heavy atom. The van der Waals surface area contributed by atoms with Gasteiger partial charge in [0.25, 0.3) is 10.2 Å². The maximum Gasteiger partial charge on any atom is 0.281 e. The van der Waals surface area contributed by atoms with Crippen molar-refractivity contribution in [3.8, 4) is 0 Å². The molecule has 0 aromatic carbocycles. The Balaban J connectivity index is 2.01. The Morgan fingerprint density at radius 2 is 1.58 bits per heavy atom. The summed E-state index contributed by atoms with van der Waals surface area (Å²) >= 11 is 0. The van der Waals surface area contributed by atoms with E-state index in [1.165, 1.54) is 0 Å². The van der Waals surface area contributed by atoms with E-state index >= 15 is 0 Å². The maximum atomic E-state index is 12.6. The number of piperidine rings is 1. The second kappa shape index (κ2) is 7.02. The molecule has 2 rings (SSSR count). The standard InChI is InChI=1S/C13H26N2O3S/c16-11-7-13-6-5-10-15(12-13)19(17,18)14-8-3-1-2-4-9-14/h13,16H,1-12H2. The van der Waals surface area contributed by atoms with Gasteiger partial charge >= 0.3 is 0 Å². The SMILES string of the molecule is O=S(=O)(N1CCCCCC1)N1CCCC(CCO)C1. The highest BCUT2D eigenvalue weighted by molar-refractivity contribution is 7.86. The van der Waals surface area contributed by atoms with Gasteiger partial charge < -0.3 is 5.11 Å². The van der Waals surface area contributed by atoms with E-state index in [9.17, 15) is 8.42 Å². The van der Waals surface area contributed by atoms with E-state index < -0.39 is 10.2 Å². The summed E-state index contributed by atoms with van der Waals surface area (Å²) in [6.45, 7) is 2.72. The van der Waals surface area contributed by atoms with Crippen LogP contribution in [0.15, 0.2) is 0 Å². The molecule has 0 aromatic heterocycles. The fourth-order valence-corrected chi connectivity index (χ4v) is 4.90. The van der Waals surface area contributed by atoms with Gasteiger partial charge in [-0.05, 0) is 38.0 Å². The van der Waals surface area contributed by atoms with Gasteiger partial charge in [-0.1, -0.05) is 12.8 Å². The number of rotatable bonds is 4. The van der Waals surface area contributed by atoms with Gasteiger partial charge in [-0.15, -0.1) is 0 Å². The Morgan fingerprint density at radius 3 is 2.21 bits per heavy atom. The van der Waals surface area contributed by atoms with Crippen LogP contribution >= 0.6 is 0 Å². The van der Waals surface area contributed by atoms with Gasteiger partial charge in [0.15, 0.2) is 0 Å². The molecule has 19 heavy (non-hydrogen) atoms. The van der Waals surface area contributed by atoms with Crippen molar-refractivity contribution in [2.75, 3.05) is 32.8 Å². The summed E-state index contributed by atoms with van der Waals surface area (Å²) in [7, 11) is -3.27. The van der Waals surface area contributed by atoms with Crippen LogP contribution in [-0.4, -0.2) is 54.9 Å². The van der Waals surface area contributed by atoms with Crippen molar-refractivity contribution in [3.63, 3.8) is 0 Å². The average molecular weight is 290 g/mol. The Kier molecular flexibility index (Phi) is 5.62. The minimum atomic E-state index is -3.27. The van der Waals surface area contributed by atoms with Crippen molar-refractivity contribution in [2.24, 2.45) is 5.92 Å². The molecule has 2 fully saturated rings.